The highest BCUT2D eigenvalue weighted by atomic mass is 35.5. The monoisotopic (exact) mass is 377 g/mol. The molecule has 6 heteroatoms. The lowest BCUT2D eigenvalue weighted by molar-refractivity contribution is 0.489. The summed E-state index contributed by atoms with van der Waals surface area (Å²) in [5.41, 5.74) is 5.92. The molecule has 0 radical (unpaired) electrons. The van der Waals surface area contributed by atoms with Crippen LogP contribution >= 0.6 is 12.4 Å². The third kappa shape index (κ3) is 2.54. The highest BCUT2D eigenvalue weighted by Crippen LogP contribution is 2.39. The van der Waals surface area contributed by atoms with Crippen LogP contribution in [-0.2, 0) is 12.8 Å². The summed E-state index contributed by atoms with van der Waals surface area (Å²) in [5.74, 6) is 1.24. The zero-order chi connectivity index (χ0) is 17.7. The van der Waals surface area contributed by atoms with Crippen LogP contribution in [0.3, 0.4) is 0 Å². The molecule has 136 valence electrons. The zero-order valence-corrected chi connectivity index (χ0v) is 15.8. The first-order chi connectivity index (χ1) is 12.8. The molecule has 3 heterocycles. The van der Waals surface area contributed by atoms with Gasteiger partial charge in [-0.05, 0) is 55.4 Å². The van der Waals surface area contributed by atoms with Gasteiger partial charge in [-0.2, -0.15) is 10.5 Å². The van der Waals surface area contributed by atoms with Crippen molar-refractivity contribution in [3.05, 3.63) is 41.0 Å². The molecular formula is C21H20ClN5. The van der Waals surface area contributed by atoms with Gasteiger partial charge in [-0.25, -0.2) is 4.98 Å². The maximum Gasteiger partial charge on any atom is 0.157 e. The number of rotatable bonds is 1. The highest BCUT2D eigenvalue weighted by molar-refractivity contribution is 5.86. The minimum atomic E-state index is 0. The Morgan fingerprint density at radius 3 is 2.70 bits per heavy atom. The third-order valence-corrected chi connectivity index (χ3v) is 5.80. The van der Waals surface area contributed by atoms with Crippen LogP contribution in [0.4, 0.5) is 5.82 Å². The smallest absolute Gasteiger partial charge is 0.157 e. The number of piperidine rings is 1. The molecule has 5 nitrogen and oxygen atoms in total. The maximum absolute atomic E-state index is 9.85. The summed E-state index contributed by atoms with van der Waals surface area (Å²) in [4.78, 5) is 7.17. The molecule has 1 aliphatic heterocycles. The Labute approximate surface area is 164 Å². The van der Waals surface area contributed by atoms with Gasteiger partial charge in [0, 0.05) is 13.1 Å². The normalized spacial score (nSPS) is 18.7. The summed E-state index contributed by atoms with van der Waals surface area (Å²) in [7, 11) is 0. The predicted molar refractivity (Wildman–Crippen MR) is 107 cm³/mol. The van der Waals surface area contributed by atoms with Crippen molar-refractivity contribution in [1.82, 2.24) is 9.38 Å². The summed E-state index contributed by atoms with van der Waals surface area (Å²) in [5, 5.41) is 19.3. The number of nitriles is 2. The quantitative estimate of drug-likeness (QED) is 0.642. The molecule has 5 rings (SSSR count). The number of fused-ring (bicyclic) bond motifs is 4. The molecule has 1 aromatic carbocycles. The van der Waals surface area contributed by atoms with Gasteiger partial charge >= 0.3 is 0 Å². The number of nitrogens with zero attached hydrogens (tertiary/aromatic N) is 5. The molecule has 1 saturated heterocycles. The highest BCUT2D eigenvalue weighted by Gasteiger charge is 2.30. The second-order valence-corrected chi connectivity index (χ2v) is 7.29. The van der Waals surface area contributed by atoms with Crippen LogP contribution in [0.25, 0.3) is 16.7 Å². The molecule has 2 aromatic heterocycles. The van der Waals surface area contributed by atoms with Crippen LogP contribution in [0.1, 0.15) is 36.0 Å². The van der Waals surface area contributed by atoms with E-state index in [1.165, 1.54) is 16.9 Å². The summed E-state index contributed by atoms with van der Waals surface area (Å²) in [6, 6.07) is 13.0. The van der Waals surface area contributed by atoms with Crippen molar-refractivity contribution in [2.45, 2.75) is 32.1 Å². The van der Waals surface area contributed by atoms with E-state index in [4.69, 9.17) is 4.98 Å². The minimum Gasteiger partial charge on any atom is -0.356 e. The van der Waals surface area contributed by atoms with Crippen molar-refractivity contribution in [2.75, 3.05) is 18.0 Å². The summed E-state index contributed by atoms with van der Waals surface area (Å²) in [6.45, 7) is 1.72. The molecule has 1 atom stereocenters. The average molecular weight is 378 g/mol. The first kappa shape index (κ1) is 17.6. The molecule has 3 aromatic rings. The Morgan fingerprint density at radius 1 is 1.07 bits per heavy atom. The van der Waals surface area contributed by atoms with Crippen molar-refractivity contribution in [1.29, 1.82) is 10.5 Å². The molecule has 0 bridgehead atoms. The van der Waals surface area contributed by atoms with Crippen molar-refractivity contribution in [3.63, 3.8) is 0 Å². The van der Waals surface area contributed by atoms with Gasteiger partial charge in [0.2, 0.25) is 0 Å². The Morgan fingerprint density at radius 2 is 1.89 bits per heavy atom. The van der Waals surface area contributed by atoms with E-state index in [0.717, 1.165) is 67.4 Å². The Kier molecular flexibility index (Phi) is 4.42. The molecule has 0 saturated carbocycles. The summed E-state index contributed by atoms with van der Waals surface area (Å²) in [6.07, 6.45) is 5.02. The fourth-order valence-electron chi connectivity index (χ4n) is 4.67. The van der Waals surface area contributed by atoms with Crippen LogP contribution in [0.2, 0.25) is 0 Å². The van der Waals surface area contributed by atoms with Gasteiger partial charge in [0.05, 0.1) is 28.6 Å². The molecule has 0 spiro atoms. The number of aromatic nitrogens is 2. The van der Waals surface area contributed by atoms with Gasteiger partial charge < -0.3 is 4.90 Å². The van der Waals surface area contributed by atoms with Crippen LogP contribution in [0, 0.1) is 28.6 Å². The minimum absolute atomic E-state index is 0. The van der Waals surface area contributed by atoms with E-state index in [1.807, 2.05) is 18.2 Å². The SMILES string of the molecule is Cl.N#Cc1c2c(c(N3CCCC(C#N)C3)n3c1nc1ccccc13)CCC2. The topological polar surface area (TPSA) is 68.1 Å². The Bertz CT molecular complexity index is 1120. The second kappa shape index (κ2) is 6.76. The van der Waals surface area contributed by atoms with Gasteiger partial charge in [0.15, 0.2) is 5.65 Å². The first-order valence-corrected chi connectivity index (χ1v) is 9.31. The Balaban J connectivity index is 0.00000180. The maximum atomic E-state index is 9.85. The fraction of sp³-hybridized carbons (Fsp3) is 0.381. The molecule has 0 amide bonds. The van der Waals surface area contributed by atoms with Crippen LogP contribution < -0.4 is 4.90 Å². The van der Waals surface area contributed by atoms with E-state index >= 15 is 0 Å². The molecule has 27 heavy (non-hydrogen) atoms. The number of para-hydroxylation sites is 2. The lowest BCUT2D eigenvalue weighted by Gasteiger charge is -2.33. The van der Waals surface area contributed by atoms with Gasteiger partial charge in [0.1, 0.15) is 11.9 Å². The third-order valence-electron chi connectivity index (χ3n) is 5.80. The first-order valence-electron chi connectivity index (χ1n) is 9.31. The number of benzene rings is 1. The van der Waals surface area contributed by atoms with Crippen molar-refractivity contribution >= 4 is 34.9 Å². The van der Waals surface area contributed by atoms with Gasteiger partial charge in [-0.15, -0.1) is 12.4 Å². The second-order valence-electron chi connectivity index (χ2n) is 7.29. The van der Waals surface area contributed by atoms with Gasteiger partial charge in [0.25, 0.3) is 0 Å². The number of imidazole rings is 1. The average Bonchev–Trinajstić information content (AvgIpc) is 3.31. The Hall–Kier alpha value is -2.76. The molecular weight excluding hydrogens is 358 g/mol. The number of halogens is 1. The molecule has 2 aliphatic rings. The van der Waals surface area contributed by atoms with Crippen molar-refractivity contribution in [2.24, 2.45) is 5.92 Å². The fourth-order valence-corrected chi connectivity index (χ4v) is 4.67. The molecule has 0 N–H and O–H groups in total. The molecule has 1 unspecified atom stereocenters. The number of pyridine rings is 1. The van der Waals surface area contributed by atoms with Crippen LogP contribution in [0.15, 0.2) is 24.3 Å². The lowest BCUT2D eigenvalue weighted by Crippen LogP contribution is -2.36. The molecule has 1 fully saturated rings. The molecule has 1 aliphatic carbocycles. The van der Waals surface area contributed by atoms with E-state index in [9.17, 15) is 10.5 Å². The standard InChI is InChI=1S/C21H19N5.ClH/c22-11-14-5-4-10-25(13-14)21-16-7-3-6-15(16)17(12-23)20-24-18-8-1-2-9-19(18)26(20)21;/h1-2,8-9,14H,3-7,10,13H2;1H. The van der Waals surface area contributed by atoms with Crippen LogP contribution in [0.5, 0.6) is 0 Å². The van der Waals surface area contributed by atoms with E-state index < -0.39 is 0 Å². The van der Waals surface area contributed by atoms with Crippen molar-refractivity contribution < 1.29 is 0 Å². The summed E-state index contributed by atoms with van der Waals surface area (Å²) >= 11 is 0. The largest absolute Gasteiger partial charge is 0.356 e. The predicted octanol–water partition coefficient (Wildman–Crippen LogP) is 4.01. The summed E-state index contributed by atoms with van der Waals surface area (Å²) < 4.78 is 2.18. The van der Waals surface area contributed by atoms with Crippen LogP contribution in [-0.4, -0.2) is 22.5 Å². The van der Waals surface area contributed by atoms with Gasteiger partial charge in [-0.1, -0.05) is 12.1 Å². The number of hydrogen-bond acceptors (Lipinski definition) is 4. The van der Waals surface area contributed by atoms with E-state index in [2.05, 4.69) is 27.5 Å². The van der Waals surface area contributed by atoms with Crippen molar-refractivity contribution in [3.8, 4) is 12.1 Å². The van der Waals surface area contributed by atoms with Gasteiger partial charge in [-0.3, -0.25) is 4.40 Å². The number of anilines is 1. The van der Waals surface area contributed by atoms with E-state index in [0.29, 0.717) is 0 Å². The zero-order valence-electron chi connectivity index (χ0n) is 15.0. The number of hydrogen-bond donors (Lipinski definition) is 0. The van der Waals surface area contributed by atoms with E-state index in [-0.39, 0.29) is 18.3 Å². The lowest BCUT2D eigenvalue weighted by atomic mass is 9.98. The van der Waals surface area contributed by atoms with E-state index in [1.54, 1.807) is 0 Å².